The fraction of sp³-hybridized carbons (Fsp3) is 0.0556. The van der Waals surface area contributed by atoms with Crippen LogP contribution in [-0.4, -0.2) is 22.6 Å². The molecular formula is C18H15FN4O2. The number of halogens is 1. The van der Waals surface area contributed by atoms with E-state index in [1.807, 2.05) is 24.3 Å². The quantitative estimate of drug-likeness (QED) is 0.550. The molecule has 0 bridgehead atoms. The lowest BCUT2D eigenvalue weighted by Crippen LogP contribution is -2.19. The Balaban J connectivity index is 1.83. The van der Waals surface area contributed by atoms with E-state index in [0.717, 1.165) is 10.9 Å². The zero-order valence-electron chi connectivity index (χ0n) is 13.1. The predicted octanol–water partition coefficient (Wildman–Crippen LogP) is 2.03. The third-order valence-corrected chi connectivity index (χ3v) is 3.63. The van der Waals surface area contributed by atoms with Crippen LogP contribution in [0.25, 0.3) is 10.9 Å². The summed E-state index contributed by atoms with van der Waals surface area (Å²) in [5.74, 6) is -1.72. The van der Waals surface area contributed by atoms with Crippen molar-refractivity contribution < 1.29 is 14.0 Å². The van der Waals surface area contributed by atoms with E-state index >= 15 is 0 Å². The number of amides is 2. The Hall–Kier alpha value is -3.48. The molecule has 1 aromatic heterocycles. The van der Waals surface area contributed by atoms with E-state index in [4.69, 9.17) is 5.73 Å². The number of para-hydroxylation sites is 1. The minimum Gasteiger partial charge on any atom is -0.368 e. The number of carbonyl (C=O) groups excluding carboxylic acids is 2. The van der Waals surface area contributed by atoms with Gasteiger partial charge in [-0.25, -0.2) is 9.82 Å². The van der Waals surface area contributed by atoms with Crippen LogP contribution >= 0.6 is 0 Å². The molecule has 0 spiro atoms. The van der Waals surface area contributed by atoms with E-state index in [-0.39, 0.29) is 12.1 Å². The number of nitrogens with zero attached hydrogens (tertiary/aromatic N) is 2. The topological polar surface area (TPSA) is 89.5 Å². The summed E-state index contributed by atoms with van der Waals surface area (Å²) in [7, 11) is 0. The van der Waals surface area contributed by atoms with Gasteiger partial charge in [0.25, 0.3) is 5.91 Å². The lowest BCUT2D eigenvalue weighted by Gasteiger charge is -2.00. The van der Waals surface area contributed by atoms with Crippen LogP contribution in [0.1, 0.15) is 15.9 Å². The van der Waals surface area contributed by atoms with Gasteiger partial charge in [-0.3, -0.25) is 9.59 Å². The Morgan fingerprint density at radius 1 is 1.16 bits per heavy atom. The van der Waals surface area contributed by atoms with Crippen molar-refractivity contribution >= 4 is 28.9 Å². The molecule has 25 heavy (non-hydrogen) atoms. The predicted molar refractivity (Wildman–Crippen MR) is 92.6 cm³/mol. The molecule has 7 heteroatoms. The number of carbonyl (C=O) groups is 2. The van der Waals surface area contributed by atoms with Crippen LogP contribution in [0.5, 0.6) is 0 Å². The van der Waals surface area contributed by atoms with Gasteiger partial charge in [-0.1, -0.05) is 30.3 Å². The van der Waals surface area contributed by atoms with Crippen molar-refractivity contribution in [1.29, 1.82) is 0 Å². The molecule has 2 aromatic carbocycles. The zero-order chi connectivity index (χ0) is 17.8. The van der Waals surface area contributed by atoms with Gasteiger partial charge in [0.05, 0.1) is 11.8 Å². The van der Waals surface area contributed by atoms with E-state index in [0.29, 0.717) is 5.56 Å². The van der Waals surface area contributed by atoms with Gasteiger partial charge >= 0.3 is 0 Å². The summed E-state index contributed by atoms with van der Waals surface area (Å²) in [5, 5.41) is 4.74. The summed E-state index contributed by atoms with van der Waals surface area (Å²) in [6.45, 7) is 0.0376. The molecule has 0 saturated carbocycles. The number of nitrogens with two attached hydrogens (primary N) is 1. The van der Waals surface area contributed by atoms with Gasteiger partial charge in [0, 0.05) is 22.7 Å². The Labute approximate surface area is 142 Å². The highest BCUT2D eigenvalue weighted by atomic mass is 19.1. The Bertz CT molecular complexity index is 978. The van der Waals surface area contributed by atoms with E-state index in [9.17, 15) is 14.0 Å². The van der Waals surface area contributed by atoms with Crippen molar-refractivity contribution in [3.05, 3.63) is 71.7 Å². The average Bonchev–Trinajstić information content (AvgIpc) is 2.93. The number of hydrogen-bond acceptors (Lipinski definition) is 3. The number of primary amides is 1. The van der Waals surface area contributed by atoms with E-state index in [2.05, 4.69) is 10.5 Å². The van der Waals surface area contributed by atoms with Gasteiger partial charge in [0.2, 0.25) is 5.91 Å². The van der Waals surface area contributed by atoms with Crippen molar-refractivity contribution in [2.24, 2.45) is 10.8 Å². The molecule has 0 atom stereocenters. The zero-order valence-corrected chi connectivity index (χ0v) is 13.1. The maximum absolute atomic E-state index is 13.6. The molecule has 0 aliphatic heterocycles. The summed E-state index contributed by atoms with van der Waals surface area (Å²) in [4.78, 5) is 23.1. The minimum atomic E-state index is -0.643. The fourth-order valence-corrected chi connectivity index (χ4v) is 2.54. The first-order chi connectivity index (χ1) is 12.1. The monoisotopic (exact) mass is 338 g/mol. The molecule has 3 aromatic rings. The van der Waals surface area contributed by atoms with Crippen LogP contribution in [-0.2, 0) is 11.3 Å². The molecule has 0 aliphatic rings. The fourth-order valence-electron chi connectivity index (χ4n) is 2.54. The highest BCUT2D eigenvalue weighted by Crippen LogP contribution is 2.19. The first-order valence-electron chi connectivity index (χ1n) is 7.50. The van der Waals surface area contributed by atoms with Crippen LogP contribution in [0.2, 0.25) is 0 Å². The Morgan fingerprint density at radius 2 is 1.88 bits per heavy atom. The molecule has 1 heterocycles. The van der Waals surface area contributed by atoms with Gasteiger partial charge < -0.3 is 10.3 Å². The summed E-state index contributed by atoms with van der Waals surface area (Å²) in [6.07, 6.45) is 3.16. The highest BCUT2D eigenvalue weighted by Gasteiger charge is 2.10. The number of aromatic nitrogens is 1. The number of hydrogen-bond donors (Lipinski definition) is 2. The van der Waals surface area contributed by atoms with Crippen LogP contribution < -0.4 is 11.2 Å². The molecule has 2 amide bonds. The molecule has 6 nitrogen and oxygen atoms in total. The molecular weight excluding hydrogens is 323 g/mol. The average molecular weight is 338 g/mol. The van der Waals surface area contributed by atoms with Crippen molar-refractivity contribution in [2.75, 3.05) is 0 Å². The number of nitrogens with one attached hydrogen (secondary N) is 1. The molecule has 0 aliphatic carbocycles. The summed E-state index contributed by atoms with van der Waals surface area (Å²) in [5.41, 5.74) is 8.98. The van der Waals surface area contributed by atoms with Crippen molar-refractivity contribution in [2.45, 2.75) is 6.54 Å². The second-order valence-corrected chi connectivity index (χ2v) is 5.37. The molecule has 0 radical (unpaired) electrons. The van der Waals surface area contributed by atoms with Gasteiger partial charge in [0.15, 0.2) is 0 Å². The summed E-state index contributed by atoms with van der Waals surface area (Å²) >= 11 is 0. The van der Waals surface area contributed by atoms with E-state index in [1.54, 1.807) is 16.8 Å². The van der Waals surface area contributed by atoms with E-state index in [1.165, 1.54) is 24.4 Å². The number of benzene rings is 2. The minimum absolute atomic E-state index is 0.0376. The van der Waals surface area contributed by atoms with Gasteiger partial charge in [-0.05, 0) is 18.2 Å². The third kappa shape index (κ3) is 3.55. The van der Waals surface area contributed by atoms with Crippen LogP contribution in [0.4, 0.5) is 4.39 Å². The number of fused-ring (bicyclic) bond motifs is 1. The normalized spacial score (nSPS) is 11.1. The second kappa shape index (κ2) is 6.96. The van der Waals surface area contributed by atoms with Gasteiger partial charge in [-0.15, -0.1) is 0 Å². The summed E-state index contributed by atoms with van der Waals surface area (Å²) in [6, 6.07) is 13.1. The van der Waals surface area contributed by atoms with E-state index < -0.39 is 17.6 Å². The molecule has 3 N–H and O–H groups in total. The standard InChI is InChI=1S/C18H15FN4O2/c19-15-7-3-1-6-14(15)18(25)22-21-9-12-10-23(11-17(20)24)16-8-4-2-5-13(12)16/h1-10H,11H2,(H2,20,24)(H,22,25)/b21-9-. The van der Waals surface area contributed by atoms with Gasteiger partial charge in [0.1, 0.15) is 12.4 Å². The highest BCUT2D eigenvalue weighted by molar-refractivity contribution is 6.01. The molecule has 0 fully saturated rings. The van der Waals surface area contributed by atoms with Crippen molar-refractivity contribution in [3.63, 3.8) is 0 Å². The van der Waals surface area contributed by atoms with Crippen LogP contribution in [0.3, 0.4) is 0 Å². The first kappa shape index (κ1) is 16.4. The Morgan fingerprint density at radius 3 is 2.64 bits per heavy atom. The second-order valence-electron chi connectivity index (χ2n) is 5.37. The maximum atomic E-state index is 13.6. The number of rotatable bonds is 5. The lowest BCUT2D eigenvalue weighted by atomic mass is 10.2. The largest absolute Gasteiger partial charge is 0.368 e. The third-order valence-electron chi connectivity index (χ3n) is 3.63. The molecule has 3 rings (SSSR count). The van der Waals surface area contributed by atoms with Crippen LogP contribution in [0, 0.1) is 5.82 Å². The van der Waals surface area contributed by atoms with Crippen molar-refractivity contribution in [3.8, 4) is 0 Å². The Kier molecular flexibility index (Phi) is 4.56. The number of hydrazone groups is 1. The SMILES string of the molecule is NC(=O)Cn1cc(/C=N\NC(=O)c2ccccc2F)c2ccccc21. The smallest absolute Gasteiger partial charge is 0.274 e. The first-order valence-corrected chi connectivity index (χ1v) is 7.50. The lowest BCUT2D eigenvalue weighted by molar-refractivity contribution is -0.118. The molecule has 0 unspecified atom stereocenters. The summed E-state index contributed by atoms with van der Waals surface area (Å²) < 4.78 is 15.3. The van der Waals surface area contributed by atoms with Crippen LogP contribution in [0.15, 0.2) is 59.8 Å². The van der Waals surface area contributed by atoms with Crippen molar-refractivity contribution in [1.82, 2.24) is 9.99 Å². The van der Waals surface area contributed by atoms with Gasteiger partial charge in [-0.2, -0.15) is 5.10 Å². The maximum Gasteiger partial charge on any atom is 0.274 e. The molecule has 126 valence electrons. The molecule has 0 saturated heterocycles.